The third kappa shape index (κ3) is 4.95. The van der Waals surface area contributed by atoms with Crippen molar-refractivity contribution in [3.05, 3.63) is 54.1 Å². The number of carbonyl (C=O) groups is 1. The molecule has 1 N–H and O–H groups in total. The monoisotopic (exact) mass is 446 g/mol. The van der Waals surface area contributed by atoms with E-state index in [1.165, 1.54) is 18.3 Å². The van der Waals surface area contributed by atoms with Crippen LogP contribution >= 0.6 is 11.3 Å². The highest BCUT2D eigenvalue weighted by atomic mass is 32.2. The van der Waals surface area contributed by atoms with Crippen molar-refractivity contribution < 1.29 is 17.9 Å². The smallest absolute Gasteiger partial charge is 0.249 e. The van der Waals surface area contributed by atoms with Gasteiger partial charge in [-0.3, -0.25) is 14.4 Å². The Labute approximate surface area is 179 Å². The number of nitrogens with zero attached hydrogens (tertiary/aromatic N) is 3. The van der Waals surface area contributed by atoms with Crippen LogP contribution in [-0.2, 0) is 14.8 Å². The zero-order chi connectivity index (χ0) is 21.9. The predicted octanol–water partition coefficient (Wildman–Crippen LogP) is 3.32. The summed E-state index contributed by atoms with van der Waals surface area (Å²) in [5.41, 5.74) is 2.24. The lowest BCUT2D eigenvalue weighted by Gasteiger charge is -2.27. The average Bonchev–Trinajstić information content (AvgIpc) is 3.17. The maximum absolute atomic E-state index is 12.8. The van der Waals surface area contributed by atoms with E-state index in [9.17, 15) is 13.2 Å². The van der Waals surface area contributed by atoms with Crippen molar-refractivity contribution in [3.63, 3.8) is 0 Å². The highest BCUT2D eigenvalue weighted by Crippen LogP contribution is 2.28. The normalized spacial score (nSPS) is 12.3. The molecule has 0 spiro atoms. The lowest BCUT2D eigenvalue weighted by molar-refractivity contribution is -0.116. The molecule has 10 heteroatoms. The van der Waals surface area contributed by atoms with Crippen molar-refractivity contribution in [2.45, 2.75) is 19.9 Å². The molecule has 158 valence electrons. The van der Waals surface area contributed by atoms with Crippen LogP contribution < -0.4 is 14.4 Å². The zero-order valence-corrected chi connectivity index (χ0v) is 18.6. The van der Waals surface area contributed by atoms with Crippen LogP contribution in [0, 0.1) is 6.92 Å². The van der Waals surface area contributed by atoms with E-state index in [0.717, 1.165) is 27.4 Å². The molecule has 8 nitrogen and oxygen atoms in total. The lowest BCUT2D eigenvalue weighted by atomic mass is 10.2. The topological polar surface area (TPSA) is 101 Å². The van der Waals surface area contributed by atoms with Gasteiger partial charge < -0.3 is 4.74 Å². The van der Waals surface area contributed by atoms with Gasteiger partial charge >= 0.3 is 0 Å². The Morgan fingerprint density at radius 2 is 1.73 bits per heavy atom. The minimum atomic E-state index is -3.68. The molecule has 1 amide bonds. The molecule has 1 heterocycles. The van der Waals surface area contributed by atoms with Crippen molar-refractivity contribution in [2.75, 3.05) is 23.0 Å². The Morgan fingerprint density at radius 1 is 1.10 bits per heavy atom. The number of carbonyl (C=O) groups excluding carboxylic acids is 1. The minimum absolute atomic E-state index is 0.287. The molecule has 3 aromatic rings. The van der Waals surface area contributed by atoms with Gasteiger partial charge in [0.05, 0.1) is 19.1 Å². The quantitative estimate of drug-likeness (QED) is 0.597. The molecule has 0 radical (unpaired) electrons. The minimum Gasteiger partial charge on any atom is -0.497 e. The summed E-state index contributed by atoms with van der Waals surface area (Å²) in [5.74, 6) is 0.223. The molecular formula is C20H22N4O4S2. The summed E-state index contributed by atoms with van der Waals surface area (Å²) in [6.45, 7) is 3.43. The highest BCUT2D eigenvalue weighted by molar-refractivity contribution is 7.92. The average molecular weight is 447 g/mol. The number of nitrogens with one attached hydrogen (secondary N) is 1. The second-order valence-corrected chi connectivity index (χ2v) is 9.54. The van der Waals surface area contributed by atoms with Gasteiger partial charge in [0.1, 0.15) is 16.8 Å². The molecule has 0 aliphatic rings. The molecule has 0 aliphatic carbocycles. The summed E-state index contributed by atoms with van der Waals surface area (Å²) < 4.78 is 31.0. The van der Waals surface area contributed by atoms with E-state index in [0.29, 0.717) is 10.7 Å². The number of rotatable bonds is 7. The molecule has 2 aromatic carbocycles. The van der Waals surface area contributed by atoms with Crippen LogP contribution in [0.2, 0.25) is 0 Å². The number of aromatic nitrogens is 2. The summed E-state index contributed by atoms with van der Waals surface area (Å²) in [7, 11) is -2.10. The molecule has 0 fully saturated rings. The van der Waals surface area contributed by atoms with E-state index in [1.54, 1.807) is 31.4 Å². The highest BCUT2D eigenvalue weighted by Gasteiger charge is 2.29. The SMILES string of the molecule is COc1ccc(-c2nnc(NC(=O)[C@H](C)N(c3ccc(C)cc3)S(C)(=O)=O)s2)cc1. The van der Waals surface area contributed by atoms with Crippen molar-refractivity contribution in [1.29, 1.82) is 0 Å². The van der Waals surface area contributed by atoms with E-state index in [-0.39, 0.29) is 5.13 Å². The third-order valence-corrected chi connectivity index (χ3v) is 6.50. The number of benzene rings is 2. The van der Waals surface area contributed by atoms with Gasteiger partial charge in [-0.2, -0.15) is 0 Å². The number of ether oxygens (including phenoxy) is 1. The van der Waals surface area contributed by atoms with Crippen molar-refractivity contribution in [2.24, 2.45) is 0 Å². The first-order valence-electron chi connectivity index (χ1n) is 9.04. The summed E-state index contributed by atoms with van der Waals surface area (Å²) in [5, 5.41) is 11.7. The van der Waals surface area contributed by atoms with Crippen LogP contribution in [-0.4, -0.2) is 43.9 Å². The maximum atomic E-state index is 12.8. The Kier molecular flexibility index (Phi) is 6.37. The van der Waals surface area contributed by atoms with Gasteiger partial charge in [-0.25, -0.2) is 8.42 Å². The number of methoxy groups -OCH3 is 1. The molecule has 0 unspecified atom stereocenters. The molecule has 0 aliphatic heterocycles. The molecule has 1 atom stereocenters. The standard InChI is InChI=1S/C20H22N4O4S2/c1-13-5-9-16(10-6-13)24(30(4,26)27)14(2)18(25)21-20-23-22-19(29-20)15-7-11-17(28-3)12-8-15/h5-12,14H,1-4H3,(H,21,23,25)/t14-/m0/s1. The lowest BCUT2D eigenvalue weighted by Crippen LogP contribution is -2.45. The van der Waals surface area contributed by atoms with Gasteiger partial charge in [-0.1, -0.05) is 29.0 Å². The first-order chi connectivity index (χ1) is 14.2. The number of aryl methyl sites for hydroxylation is 1. The number of anilines is 2. The fraction of sp³-hybridized carbons (Fsp3) is 0.250. The predicted molar refractivity (Wildman–Crippen MR) is 118 cm³/mol. The van der Waals surface area contributed by atoms with Crippen LogP contribution in [0.15, 0.2) is 48.5 Å². The Hall–Kier alpha value is -2.98. The van der Waals surface area contributed by atoms with Gasteiger partial charge in [0, 0.05) is 5.56 Å². The van der Waals surface area contributed by atoms with E-state index >= 15 is 0 Å². The fourth-order valence-corrected chi connectivity index (χ4v) is 4.76. The Balaban J connectivity index is 1.78. The Bertz CT molecular complexity index is 1130. The third-order valence-electron chi connectivity index (χ3n) is 4.37. The van der Waals surface area contributed by atoms with Crippen LogP contribution in [0.25, 0.3) is 10.6 Å². The van der Waals surface area contributed by atoms with Crippen molar-refractivity contribution >= 4 is 38.1 Å². The van der Waals surface area contributed by atoms with Crippen molar-refractivity contribution in [3.8, 4) is 16.3 Å². The fourth-order valence-electron chi connectivity index (χ4n) is 2.83. The number of sulfonamides is 1. The Morgan fingerprint density at radius 3 is 2.30 bits per heavy atom. The molecule has 1 aromatic heterocycles. The van der Waals surface area contributed by atoms with Crippen LogP contribution in [0.5, 0.6) is 5.75 Å². The summed E-state index contributed by atoms with van der Waals surface area (Å²) in [6, 6.07) is 13.3. The largest absolute Gasteiger partial charge is 0.497 e. The van der Waals surface area contributed by atoms with Gasteiger partial charge in [-0.15, -0.1) is 10.2 Å². The number of hydrogen-bond donors (Lipinski definition) is 1. The van der Waals surface area contributed by atoms with Crippen molar-refractivity contribution in [1.82, 2.24) is 10.2 Å². The van der Waals surface area contributed by atoms with E-state index in [1.807, 2.05) is 31.2 Å². The van der Waals surface area contributed by atoms with Crippen LogP contribution in [0.1, 0.15) is 12.5 Å². The van der Waals surface area contributed by atoms with Gasteiger partial charge in [0.2, 0.25) is 21.1 Å². The second kappa shape index (κ2) is 8.80. The summed E-state index contributed by atoms with van der Waals surface area (Å²) >= 11 is 1.20. The number of amides is 1. The van der Waals surface area contributed by atoms with Crippen LogP contribution in [0.3, 0.4) is 0 Å². The first-order valence-corrected chi connectivity index (χ1v) is 11.7. The van der Waals surface area contributed by atoms with E-state index in [2.05, 4.69) is 15.5 Å². The van der Waals surface area contributed by atoms with Gasteiger partial charge in [-0.05, 0) is 50.2 Å². The van der Waals surface area contributed by atoms with Crippen LogP contribution in [0.4, 0.5) is 10.8 Å². The maximum Gasteiger partial charge on any atom is 0.249 e. The molecular weight excluding hydrogens is 424 g/mol. The van der Waals surface area contributed by atoms with E-state index < -0.39 is 22.0 Å². The first kappa shape index (κ1) is 21.7. The molecule has 0 saturated carbocycles. The van der Waals surface area contributed by atoms with Gasteiger partial charge in [0.15, 0.2) is 0 Å². The zero-order valence-electron chi connectivity index (χ0n) is 17.0. The van der Waals surface area contributed by atoms with Gasteiger partial charge in [0.25, 0.3) is 0 Å². The summed E-state index contributed by atoms with van der Waals surface area (Å²) in [6.07, 6.45) is 1.07. The summed E-state index contributed by atoms with van der Waals surface area (Å²) in [4.78, 5) is 12.8. The molecule has 3 rings (SSSR count). The molecule has 30 heavy (non-hydrogen) atoms. The number of hydrogen-bond acceptors (Lipinski definition) is 7. The second-order valence-electron chi connectivity index (χ2n) is 6.70. The van der Waals surface area contributed by atoms with E-state index in [4.69, 9.17) is 4.74 Å². The molecule has 0 bridgehead atoms. The molecule has 0 saturated heterocycles.